The van der Waals surface area contributed by atoms with E-state index in [1.54, 1.807) is 13.8 Å². The van der Waals surface area contributed by atoms with Gasteiger partial charge in [-0.15, -0.1) is 0 Å². The van der Waals surface area contributed by atoms with E-state index < -0.39 is 17.6 Å². The molecule has 0 aromatic heterocycles. The van der Waals surface area contributed by atoms with E-state index in [9.17, 15) is 4.79 Å². The predicted molar refractivity (Wildman–Crippen MR) is 47.4 cm³/mol. The molecule has 4 N–H and O–H groups in total. The molecule has 5 nitrogen and oxygen atoms in total. The fourth-order valence-corrected chi connectivity index (χ4v) is 0.759. The third-order valence-corrected chi connectivity index (χ3v) is 2.12. The monoisotopic (exact) mass is 191 g/mol. The summed E-state index contributed by atoms with van der Waals surface area (Å²) in [6.07, 6.45) is -0.495. The van der Waals surface area contributed by atoms with Gasteiger partial charge in [0.1, 0.15) is 5.54 Å². The largest absolute Gasteiger partial charge is 0.480 e. The topological polar surface area (TPSA) is 89.8 Å². The zero-order valence-electron chi connectivity index (χ0n) is 7.95. The summed E-state index contributed by atoms with van der Waals surface area (Å²) >= 11 is 0. The maximum Gasteiger partial charge on any atom is 0.323 e. The van der Waals surface area contributed by atoms with Gasteiger partial charge in [-0.05, 0) is 13.3 Å². The summed E-state index contributed by atoms with van der Waals surface area (Å²) in [5, 5.41) is 29.0. The van der Waals surface area contributed by atoms with E-state index in [1.165, 1.54) is 0 Å². The second kappa shape index (κ2) is 5.16. The molecule has 0 aromatic rings. The lowest BCUT2D eigenvalue weighted by molar-refractivity contribution is -0.144. The fraction of sp³-hybridized carbons (Fsp3) is 0.875. The molecule has 5 heteroatoms. The van der Waals surface area contributed by atoms with E-state index in [-0.39, 0.29) is 13.2 Å². The zero-order valence-corrected chi connectivity index (χ0v) is 7.95. The Bertz CT molecular complexity index is 174. The van der Waals surface area contributed by atoms with Crippen LogP contribution in [0.4, 0.5) is 0 Å². The summed E-state index contributed by atoms with van der Waals surface area (Å²) in [4.78, 5) is 10.7. The van der Waals surface area contributed by atoms with E-state index in [2.05, 4.69) is 5.32 Å². The zero-order chi connectivity index (χ0) is 10.5. The molecule has 2 unspecified atom stereocenters. The van der Waals surface area contributed by atoms with Crippen LogP contribution < -0.4 is 5.32 Å². The molecule has 0 saturated heterocycles. The first-order valence-corrected chi connectivity index (χ1v) is 4.23. The van der Waals surface area contributed by atoms with Crippen molar-refractivity contribution in [3.8, 4) is 0 Å². The molecule has 0 rings (SSSR count). The standard InChI is InChI=1S/C8H17NO4/c1-3-8(2,7(12)13)9-4-6(11)5-10/h6,9-11H,3-5H2,1-2H3,(H,12,13). The van der Waals surface area contributed by atoms with Gasteiger partial charge in [0, 0.05) is 6.54 Å². The van der Waals surface area contributed by atoms with Crippen LogP contribution in [0.1, 0.15) is 20.3 Å². The minimum atomic E-state index is -1.03. The van der Waals surface area contributed by atoms with Crippen molar-refractivity contribution in [1.82, 2.24) is 5.32 Å². The Morgan fingerprint density at radius 1 is 1.62 bits per heavy atom. The third kappa shape index (κ3) is 3.71. The molecule has 78 valence electrons. The van der Waals surface area contributed by atoms with Crippen molar-refractivity contribution in [3.05, 3.63) is 0 Å². The first kappa shape index (κ1) is 12.3. The van der Waals surface area contributed by atoms with Gasteiger partial charge in [0.15, 0.2) is 0 Å². The molecule has 0 amide bonds. The number of β-amino-alcohol motifs (C(OH)–C–C–N with tert-alkyl or cyclic N) is 1. The highest BCUT2D eigenvalue weighted by molar-refractivity contribution is 5.78. The quantitative estimate of drug-likeness (QED) is 0.440. The predicted octanol–water partition coefficient (Wildman–Crippen LogP) is -0.817. The van der Waals surface area contributed by atoms with E-state index in [0.29, 0.717) is 6.42 Å². The molecule has 0 spiro atoms. The Morgan fingerprint density at radius 3 is 2.46 bits per heavy atom. The Kier molecular flexibility index (Phi) is 4.90. The Morgan fingerprint density at radius 2 is 2.15 bits per heavy atom. The minimum absolute atomic E-state index is 0.0765. The molecule has 0 fully saturated rings. The number of aliphatic hydroxyl groups is 2. The Balaban J connectivity index is 4.05. The van der Waals surface area contributed by atoms with E-state index in [4.69, 9.17) is 15.3 Å². The van der Waals surface area contributed by atoms with Gasteiger partial charge in [-0.25, -0.2) is 0 Å². The number of carboxylic acid groups (broad SMARTS) is 1. The molecular formula is C8H17NO4. The average molecular weight is 191 g/mol. The van der Waals surface area contributed by atoms with Crippen molar-refractivity contribution < 1.29 is 20.1 Å². The Labute approximate surface area is 77.4 Å². The summed E-state index contributed by atoms with van der Waals surface area (Å²) in [7, 11) is 0. The number of carboxylic acids is 1. The van der Waals surface area contributed by atoms with Crippen molar-refractivity contribution >= 4 is 5.97 Å². The minimum Gasteiger partial charge on any atom is -0.480 e. The van der Waals surface area contributed by atoms with Crippen LogP contribution in [0.2, 0.25) is 0 Å². The fourth-order valence-electron chi connectivity index (χ4n) is 0.759. The lowest BCUT2D eigenvalue weighted by Gasteiger charge is -2.25. The maximum absolute atomic E-state index is 10.7. The smallest absolute Gasteiger partial charge is 0.323 e. The van der Waals surface area contributed by atoms with Crippen molar-refractivity contribution in [3.63, 3.8) is 0 Å². The molecule has 0 aliphatic rings. The summed E-state index contributed by atoms with van der Waals surface area (Å²) in [5.74, 6) is -0.958. The van der Waals surface area contributed by atoms with Crippen molar-refractivity contribution in [2.24, 2.45) is 0 Å². The molecule has 0 aliphatic heterocycles. The molecular weight excluding hydrogens is 174 g/mol. The number of hydrogen-bond donors (Lipinski definition) is 4. The molecule has 0 aromatic carbocycles. The van der Waals surface area contributed by atoms with Crippen LogP contribution in [0.15, 0.2) is 0 Å². The number of aliphatic hydroxyl groups excluding tert-OH is 2. The van der Waals surface area contributed by atoms with E-state index in [0.717, 1.165) is 0 Å². The van der Waals surface area contributed by atoms with Crippen LogP contribution in [-0.2, 0) is 4.79 Å². The molecule has 0 heterocycles. The highest BCUT2D eigenvalue weighted by Gasteiger charge is 2.30. The number of aliphatic carboxylic acids is 1. The van der Waals surface area contributed by atoms with E-state index >= 15 is 0 Å². The van der Waals surface area contributed by atoms with Gasteiger partial charge in [0.2, 0.25) is 0 Å². The number of hydrogen-bond acceptors (Lipinski definition) is 4. The SMILES string of the molecule is CCC(C)(NCC(O)CO)C(=O)O. The average Bonchev–Trinajstić information content (AvgIpc) is 2.13. The third-order valence-electron chi connectivity index (χ3n) is 2.12. The van der Waals surface area contributed by atoms with Gasteiger partial charge in [0.25, 0.3) is 0 Å². The van der Waals surface area contributed by atoms with Crippen molar-refractivity contribution in [2.75, 3.05) is 13.2 Å². The van der Waals surface area contributed by atoms with Crippen LogP contribution >= 0.6 is 0 Å². The van der Waals surface area contributed by atoms with Crippen molar-refractivity contribution in [1.29, 1.82) is 0 Å². The van der Waals surface area contributed by atoms with E-state index in [1.807, 2.05) is 0 Å². The molecule has 2 atom stereocenters. The second-order valence-electron chi connectivity index (χ2n) is 3.21. The molecule has 0 saturated carbocycles. The maximum atomic E-state index is 10.7. The van der Waals surface area contributed by atoms with Gasteiger partial charge in [0.05, 0.1) is 12.7 Å². The normalized spacial score (nSPS) is 17.8. The lowest BCUT2D eigenvalue weighted by atomic mass is 9.99. The van der Waals surface area contributed by atoms with Crippen LogP contribution in [0.5, 0.6) is 0 Å². The highest BCUT2D eigenvalue weighted by Crippen LogP contribution is 2.08. The van der Waals surface area contributed by atoms with Crippen LogP contribution in [0.25, 0.3) is 0 Å². The van der Waals surface area contributed by atoms with Gasteiger partial charge in [-0.3, -0.25) is 10.1 Å². The molecule has 0 radical (unpaired) electrons. The van der Waals surface area contributed by atoms with Gasteiger partial charge in [-0.2, -0.15) is 0 Å². The second-order valence-corrected chi connectivity index (χ2v) is 3.21. The first-order chi connectivity index (χ1) is 5.96. The molecule has 0 aliphatic carbocycles. The first-order valence-electron chi connectivity index (χ1n) is 4.23. The molecule has 0 bridgehead atoms. The van der Waals surface area contributed by atoms with Crippen molar-refractivity contribution in [2.45, 2.75) is 31.9 Å². The van der Waals surface area contributed by atoms with Crippen LogP contribution in [0, 0.1) is 0 Å². The highest BCUT2D eigenvalue weighted by atomic mass is 16.4. The summed E-state index contributed by atoms with van der Waals surface area (Å²) in [6.45, 7) is 2.99. The Hall–Kier alpha value is -0.650. The van der Waals surface area contributed by atoms with Crippen LogP contribution in [0.3, 0.4) is 0 Å². The summed E-state index contributed by atoms with van der Waals surface area (Å²) < 4.78 is 0. The lowest BCUT2D eigenvalue weighted by Crippen LogP contribution is -2.51. The number of rotatable bonds is 6. The van der Waals surface area contributed by atoms with Crippen LogP contribution in [-0.4, -0.2) is 46.1 Å². The van der Waals surface area contributed by atoms with Gasteiger partial charge in [-0.1, -0.05) is 6.92 Å². The summed E-state index contributed by atoms with van der Waals surface area (Å²) in [6, 6.07) is 0. The molecule has 13 heavy (non-hydrogen) atoms. The summed E-state index contributed by atoms with van der Waals surface area (Å²) in [5.41, 5.74) is -1.03. The van der Waals surface area contributed by atoms with Gasteiger partial charge < -0.3 is 15.3 Å². The number of nitrogens with one attached hydrogen (secondary N) is 1. The van der Waals surface area contributed by atoms with Gasteiger partial charge >= 0.3 is 5.97 Å². The number of carbonyl (C=O) groups is 1.